The van der Waals surface area contributed by atoms with Gasteiger partial charge >= 0.3 is 5.97 Å². The molecule has 0 amide bonds. The predicted octanol–water partition coefficient (Wildman–Crippen LogP) is 4.95. The number of aldehydes is 1. The van der Waals surface area contributed by atoms with Crippen molar-refractivity contribution < 1.29 is 48.0 Å². The number of benzene rings is 1. The Kier molecular flexibility index (Phi) is 8.66. The van der Waals surface area contributed by atoms with Crippen LogP contribution in [0.4, 0.5) is 0 Å². The summed E-state index contributed by atoms with van der Waals surface area (Å²) in [7, 11) is 1.31. The molecule has 0 radical (unpaired) electrons. The second-order valence-corrected chi connectivity index (χ2v) is 16.0. The lowest BCUT2D eigenvalue weighted by Gasteiger charge is -2.64. The first-order chi connectivity index (χ1) is 24.2. The SMILES string of the molecule is COC(=O)C(C)=CCC12OC(C)(C)C3CC(C1=O)C(N1CCOCC1)C1C(=O)c4c(O)c5c(c(CC=C(C)C)c4OC132)OC(C)(CCC=O)C=C5. The van der Waals surface area contributed by atoms with E-state index in [2.05, 4.69) is 4.90 Å². The van der Waals surface area contributed by atoms with E-state index in [9.17, 15) is 14.7 Å². The van der Waals surface area contributed by atoms with Crippen molar-refractivity contribution in [2.45, 2.75) is 102 Å². The zero-order valence-corrected chi connectivity index (χ0v) is 30.6. The summed E-state index contributed by atoms with van der Waals surface area (Å²) in [6.07, 6.45) is 9.60. The molecular formula is C40H49NO10. The third-order valence-electron chi connectivity index (χ3n) is 12.3. The molecule has 7 unspecified atom stereocenters. The summed E-state index contributed by atoms with van der Waals surface area (Å²) in [5.74, 6) is -2.42. The van der Waals surface area contributed by atoms with E-state index in [-0.39, 0.29) is 47.4 Å². The number of ether oxygens (including phenoxy) is 5. The number of aromatic hydroxyl groups is 1. The highest BCUT2D eigenvalue weighted by molar-refractivity contribution is 6.10. The normalized spacial score (nSPS) is 34.5. The zero-order valence-electron chi connectivity index (χ0n) is 30.6. The lowest BCUT2D eigenvalue weighted by molar-refractivity contribution is -0.216. The maximum Gasteiger partial charge on any atom is 0.333 e. The van der Waals surface area contributed by atoms with Crippen molar-refractivity contribution in [1.29, 1.82) is 0 Å². The number of carbonyl (C=O) groups is 4. The summed E-state index contributed by atoms with van der Waals surface area (Å²) in [5, 5.41) is 12.1. The van der Waals surface area contributed by atoms with Gasteiger partial charge in [-0.05, 0) is 73.0 Å². The third kappa shape index (κ3) is 5.09. The van der Waals surface area contributed by atoms with Gasteiger partial charge in [0.05, 0.1) is 37.4 Å². The molecule has 1 N–H and O–H groups in total. The number of carbonyl (C=O) groups excluding carboxylic acids is 4. The minimum absolute atomic E-state index is 0.00136. The maximum atomic E-state index is 15.6. The Balaban J connectivity index is 1.50. The molecule has 1 aromatic carbocycles. The topological polar surface area (TPSA) is 138 Å². The Bertz CT molecular complexity index is 1780. The second kappa shape index (κ2) is 12.4. The monoisotopic (exact) mass is 703 g/mol. The van der Waals surface area contributed by atoms with E-state index in [1.807, 2.05) is 46.8 Å². The molecule has 11 heteroatoms. The zero-order chi connectivity index (χ0) is 36.7. The largest absolute Gasteiger partial charge is 0.506 e. The number of esters is 1. The molecule has 4 heterocycles. The molecule has 7 aliphatic rings. The average Bonchev–Trinajstić information content (AvgIpc) is 3.25. The van der Waals surface area contributed by atoms with Crippen LogP contribution in [0.15, 0.2) is 29.4 Å². The first-order valence-electron chi connectivity index (χ1n) is 18.1. The maximum absolute atomic E-state index is 15.6. The molecule has 51 heavy (non-hydrogen) atoms. The highest BCUT2D eigenvalue weighted by Gasteiger charge is 2.85. The van der Waals surface area contributed by atoms with Crippen LogP contribution < -0.4 is 9.47 Å². The van der Waals surface area contributed by atoms with Crippen molar-refractivity contribution >= 4 is 29.9 Å². The molecule has 274 valence electrons. The van der Waals surface area contributed by atoms with Gasteiger partial charge in [0.2, 0.25) is 0 Å². The van der Waals surface area contributed by atoms with Crippen LogP contribution in [-0.4, -0.2) is 95.7 Å². The number of allylic oxidation sites excluding steroid dienone is 2. The Morgan fingerprint density at radius 3 is 2.47 bits per heavy atom. The number of rotatable bonds is 9. The van der Waals surface area contributed by atoms with Gasteiger partial charge in [-0.15, -0.1) is 0 Å². The highest BCUT2D eigenvalue weighted by atomic mass is 16.6. The number of hydrogen-bond donors (Lipinski definition) is 1. The van der Waals surface area contributed by atoms with E-state index in [1.165, 1.54) is 7.11 Å². The standard InChI is InChI=1S/C40H49NO10/c1-22(2)9-10-25-33-24(12-14-38(6,49-33)13-8-18-42)31(43)28-32(44)29-30(41-16-19-48-20-17-41)26-21-27-37(4,5)51-39(35(26)45,40(27,29)50-34(25)28)15-11-23(3)36(46)47-7/h9,11-12,14,18,26-27,29-30,43H,8,10,13,15-17,19-21H2,1-7H3. The lowest BCUT2D eigenvalue weighted by Crippen LogP contribution is -2.82. The van der Waals surface area contributed by atoms with Crippen LogP contribution in [-0.2, 0) is 35.0 Å². The van der Waals surface area contributed by atoms with Gasteiger partial charge in [-0.3, -0.25) is 14.5 Å². The first kappa shape index (κ1) is 35.6. The number of hydrogen-bond acceptors (Lipinski definition) is 11. The van der Waals surface area contributed by atoms with E-state index in [1.54, 1.807) is 19.1 Å². The lowest BCUT2D eigenvalue weighted by atomic mass is 9.44. The molecule has 4 bridgehead atoms. The summed E-state index contributed by atoms with van der Waals surface area (Å²) in [6, 6.07) is -0.510. The van der Waals surface area contributed by atoms with Crippen molar-refractivity contribution in [2.75, 3.05) is 33.4 Å². The number of ketones is 2. The van der Waals surface area contributed by atoms with Crippen molar-refractivity contribution in [3.05, 3.63) is 46.1 Å². The average molecular weight is 704 g/mol. The number of phenolic OH excluding ortho intramolecular Hbond substituents is 1. The summed E-state index contributed by atoms with van der Waals surface area (Å²) in [6.45, 7) is 13.4. The van der Waals surface area contributed by atoms with Gasteiger partial charge in [0.15, 0.2) is 22.8 Å². The fourth-order valence-electron chi connectivity index (χ4n) is 9.96. The van der Waals surface area contributed by atoms with E-state index in [0.29, 0.717) is 68.0 Å². The Hall–Kier alpha value is -3.80. The predicted molar refractivity (Wildman–Crippen MR) is 187 cm³/mol. The van der Waals surface area contributed by atoms with Gasteiger partial charge in [0.1, 0.15) is 34.7 Å². The van der Waals surface area contributed by atoms with Crippen LogP contribution in [0.25, 0.3) is 6.08 Å². The number of nitrogens with zero attached hydrogens (tertiary/aromatic N) is 1. The van der Waals surface area contributed by atoms with Crippen molar-refractivity contribution in [1.82, 2.24) is 4.90 Å². The first-order valence-corrected chi connectivity index (χ1v) is 18.1. The van der Waals surface area contributed by atoms with E-state index < -0.39 is 46.3 Å². The number of Topliss-reactive ketones (excluding diaryl/α,β-unsaturated/α-hetero) is 2. The molecule has 8 rings (SSSR count). The molecule has 0 aromatic heterocycles. The molecule has 7 atom stereocenters. The minimum atomic E-state index is -1.61. The molecule has 1 aromatic rings. The molecule has 1 spiro atoms. The molecule has 4 aliphatic heterocycles. The van der Waals surface area contributed by atoms with Crippen LogP contribution in [0.1, 0.15) is 88.7 Å². The van der Waals surface area contributed by atoms with Crippen molar-refractivity contribution in [3.8, 4) is 17.2 Å². The molecule has 5 fully saturated rings. The van der Waals surface area contributed by atoms with E-state index in [0.717, 1.165) is 11.9 Å². The number of fused-ring (bicyclic) bond motifs is 2. The van der Waals surface area contributed by atoms with Gasteiger partial charge in [0, 0.05) is 54.9 Å². The Labute approximate surface area is 299 Å². The van der Waals surface area contributed by atoms with Gasteiger partial charge in [-0.25, -0.2) is 4.79 Å². The molecule has 3 aliphatic carbocycles. The summed E-state index contributed by atoms with van der Waals surface area (Å²) in [4.78, 5) is 56.9. The van der Waals surface area contributed by atoms with Crippen LogP contribution in [0.5, 0.6) is 17.2 Å². The van der Waals surface area contributed by atoms with Gasteiger partial charge < -0.3 is 33.6 Å². The van der Waals surface area contributed by atoms with Crippen LogP contribution in [0.2, 0.25) is 0 Å². The van der Waals surface area contributed by atoms with Crippen LogP contribution in [0.3, 0.4) is 0 Å². The fourth-order valence-corrected chi connectivity index (χ4v) is 9.96. The number of morpholine rings is 1. The van der Waals surface area contributed by atoms with E-state index >= 15 is 9.59 Å². The van der Waals surface area contributed by atoms with Gasteiger partial charge in [-0.2, -0.15) is 0 Å². The smallest absolute Gasteiger partial charge is 0.333 e. The molecular weight excluding hydrogens is 654 g/mol. The van der Waals surface area contributed by atoms with Crippen LogP contribution >= 0.6 is 0 Å². The molecule has 3 saturated carbocycles. The van der Waals surface area contributed by atoms with E-state index in [4.69, 9.17) is 23.7 Å². The number of phenols is 1. The Morgan fingerprint density at radius 1 is 1.08 bits per heavy atom. The Morgan fingerprint density at radius 2 is 1.80 bits per heavy atom. The van der Waals surface area contributed by atoms with Gasteiger partial charge in [-0.1, -0.05) is 17.7 Å². The quantitative estimate of drug-likeness (QED) is 0.162. The second-order valence-electron chi connectivity index (χ2n) is 16.0. The minimum Gasteiger partial charge on any atom is -0.506 e. The summed E-state index contributed by atoms with van der Waals surface area (Å²) >= 11 is 0. The summed E-state index contributed by atoms with van der Waals surface area (Å²) < 4.78 is 31.8. The molecule has 2 saturated heterocycles. The van der Waals surface area contributed by atoms with Crippen molar-refractivity contribution in [3.63, 3.8) is 0 Å². The highest BCUT2D eigenvalue weighted by Crippen LogP contribution is 2.71. The van der Waals surface area contributed by atoms with Gasteiger partial charge in [0.25, 0.3) is 0 Å². The van der Waals surface area contributed by atoms with Crippen LogP contribution in [0, 0.1) is 17.8 Å². The third-order valence-corrected chi connectivity index (χ3v) is 12.3. The fraction of sp³-hybridized carbons (Fsp3) is 0.600. The number of methoxy groups -OCH3 is 1. The summed E-state index contributed by atoms with van der Waals surface area (Å²) in [5.41, 5.74) is -2.43. The molecule has 11 nitrogen and oxygen atoms in total. The van der Waals surface area contributed by atoms with Crippen molar-refractivity contribution in [2.24, 2.45) is 17.8 Å².